The molecule has 1 aliphatic carbocycles. The zero-order chi connectivity index (χ0) is 11.1. The Bertz CT molecular complexity index is 354. The molecule has 0 spiro atoms. The highest BCUT2D eigenvalue weighted by atomic mass is 15.2. The molecule has 2 rings (SSSR count). The molecular formula is C12H21N3. The Morgan fingerprint density at radius 3 is 2.67 bits per heavy atom. The second kappa shape index (κ2) is 3.34. The molecule has 1 aromatic rings. The van der Waals surface area contributed by atoms with E-state index in [-0.39, 0.29) is 5.54 Å². The monoisotopic (exact) mass is 207 g/mol. The van der Waals surface area contributed by atoms with E-state index in [4.69, 9.17) is 5.73 Å². The SMILES string of the molecule is Cn1cc(CC2(N)CCC(C)(C)C2)cn1. The number of aryl methyl sites for hydroxylation is 1. The fourth-order valence-corrected chi connectivity index (χ4v) is 2.84. The summed E-state index contributed by atoms with van der Waals surface area (Å²) in [7, 11) is 1.95. The maximum Gasteiger partial charge on any atom is 0.0522 e. The number of nitrogens with two attached hydrogens (primary N) is 1. The van der Waals surface area contributed by atoms with Crippen LogP contribution >= 0.6 is 0 Å². The molecule has 3 heteroatoms. The predicted octanol–water partition coefficient (Wildman–Crippen LogP) is 1.87. The molecule has 1 fully saturated rings. The smallest absolute Gasteiger partial charge is 0.0522 e. The maximum atomic E-state index is 6.44. The lowest BCUT2D eigenvalue weighted by molar-refractivity contribution is 0.334. The largest absolute Gasteiger partial charge is 0.325 e. The molecular weight excluding hydrogens is 186 g/mol. The Hall–Kier alpha value is -0.830. The van der Waals surface area contributed by atoms with Gasteiger partial charge in [0.25, 0.3) is 0 Å². The standard InChI is InChI=1S/C12H21N3/c1-11(2)4-5-12(13,9-11)6-10-7-14-15(3)8-10/h7-8H,4-6,9,13H2,1-3H3. The minimum Gasteiger partial charge on any atom is -0.325 e. The molecule has 84 valence electrons. The van der Waals surface area contributed by atoms with Crippen LogP contribution in [0.25, 0.3) is 0 Å². The molecule has 1 aliphatic rings. The minimum absolute atomic E-state index is 0.00741. The highest BCUT2D eigenvalue weighted by molar-refractivity contribution is 5.12. The van der Waals surface area contributed by atoms with E-state index < -0.39 is 0 Å². The van der Waals surface area contributed by atoms with Crippen LogP contribution in [0.1, 0.15) is 38.7 Å². The van der Waals surface area contributed by atoms with E-state index in [1.807, 2.05) is 17.9 Å². The molecule has 15 heavy (non-hydrogen) atoms. The van der Waals surface area contributed by atoms with Crippen LogP contribution in [0, 0.1) is 5.41 Å². The molecule has 1 aromatic heterocycles. The lowest BCUT2D eigenvalue weighted by Gasteiger charge is -2.25. The van der Waals surface area contributed by atoms with Gasteiger partial charge in [0.05, 0.1) is 6.20 Å². The van der Waals surface area contributed by atoms with Gasteiger partial charge in [-0.3, -0.25) is 4.68 Å². The van der Waals surface area contributed by atoms with Gasteiger partial charge in [0.15, 0.2) is 0 Å². The van der Waals surface area contributed by atoms with Gasteiger partial charge < -0.3 is 5.73 Å². The van der Waals surface area contributed by atoms with Gasteiger partial charge in [-0.2, -0.15) is 5.10 Å². The summed E-state index contributed by atoms with van der Waals surface area (Å²) in [4.78, 5) is 0. The summed E-state index contributed by atoms with van der Waals surface area (Å²) < 4.78 is 1.85. The molecule has 0 radical (unpaired) electrons. The molecule has 3 nitrogen and oxygen atoms in total. The van der Waals surface area contributed by atoms with Crippen molar-refractivity contribution >= 4 is 0 Å². The summed E-state index contributed by atoms with van der Waals surface area (Å²) in [6, 6.07) is 0. The van der Waals surface area contributed by atoms with Crippen molar-refractivity contribution in [1.82, 2.24) is 9.78 Å². The van der Waals surface area contributed by atoms with Crippen molar-refractivity contribution in [2.45, 2.75) is 45.1 Å². The Morgan fingerprint density at radius 1 is 1.47 bits per heavy atom. The average molecular weight is 207 g/mol. The number of hydrogen-bond acceptors (Lipinski definition) is 2. The van der Waals surface area contributed by atoms with E-state index in [1.165, 1.54) is 12.0 Å². The number of rotatable bonds is 2. The van der Waals surface area contributed by atoms with Crippen molar-refractivity contribution in [3.8, 4) is 0 Å². The van der Waals surface area contributed by atoms with Crippen LogP contribution in [0.15, 0.2) is 12.4 Å². The fourth-order valence-electron chi connectivity index (χ4n) is 2.84. The zero-order valence-corrected chi connectivity index (χ0v) is 9.95. The number of hydrogen-bond donors (Lipinski definition) is 1. The lowest BCUT2D eigenvalue weighted by atomic mass is 9.85. The van der Waals surface area contributed by atoms with Crippen molar-refractivity contribution in [1.29, 1.82) is 0 Å². The molecule has 0 bridgehead atoms. The van der Waals surface area contributed by atoms with Crippen molar-refractivity contribution in [2.24, 2.45) is 18.2 Å². The van der Waals surface area contributed by atoms with E-state index in [2.05, 4.69) is 25.1 Å². The third-order valence-corrected chi connectivity index (χ3v) is 3.44. The van der Waals surface area contributed by atoms with Gasteiger partial charge in [-0.1, -0.05) is 13.8 Å². The zero-order valence-electron chi connectivity index (χ0n) is 9.95. The Labute approximate surface area is 91.7 Å². The van der Waals surface area contributed by atoms with Crippen molar-refractivity contribution < 1.29 is 0 Å². The first-order chi connectivity index (χ1) is 6.89. The highest BCUT2D eigenvalue weighted by Crippen LogP contribution is 2.43. The second-order valence-electron chi connectivity index (χ2n) is 5.90. The fraction of sp³-hybridized carbons (Fsp3) is 0.750. The first-order valence-corrected chi connectivity index (χ1v) is 5.65. The van der Waals surface area contributed by atoms with Gasteiger partial charge >= 0.3 is 0 Å². The van der Waals surface area contributed by atoms with Gasteiger partial charge in [0.1, 0.15) is 0 Å². The summed E-state index contributed by atoms with van der Waals surface area (Å²) in [6.07, 6.45) is 8.46. The predicted molar refractivity (Wildman–Crippen MR) is 61.5 cm³/mol. The maximum absolute atomic E-state index is 6.44. The van der Waals surface area contributed by atoms with Crippen LogP contribution in [0.2, 0.25) is 0 Å². The molecule has 1 unspecified atom stereocenters. The van der Waals surface area contributed by atoms with Crippen LogP contribution in [-0.2, 0) is 13.5 Å². The average Bonchev–Trinajstić information content (AvgIpc) is 2.57. The molecule has 0 aliphatic heterocycles. The molecule has 0 saturated heterocycles. The van der Waals surface area contributed by atoms with E-state index in [0.717, 1.165) is 19.3 Å². The molecule has 0 amide bonds. The van der Waals surface area contributed by atoms with E-state index >= 15 is 0 Å². The molecule has 2 N–H and O–H groups in total. The van der Waals surface area contributed by atoms with E-state index in [0.29, 0.717) is 5.41 Å². The Balaban J connectivity index is 2.06. The third kappa shape index (κ3) is 2.40. The highest BCUT2D eigenvalue weighted by Gasteiger charge is 2.40. The van der Waals surface area contributed by atoms with Gasteiger partial charge in [0.2, 0.25) is 0 Å². The lowest BCUT2D eigenvalue weighted by Crippen LogP contribution is -2.39. The van der Waals surface area contributed by atoms with Crippen LogP contribution in [0.3, 0.4) is 0 Å². The van der Waals surface area contributed by atoms with Crippen LogP contribution in [0.4, 0.5) is 0 Å². The first kappa shape index (κ1) is 10.7. The molecule has 1 atom stereocenters. The number of nitrogens with zero attached hydrogens (tertiary/aromatic N) is 2. The van der Waals surface area contributed by atoms with Crippen molar-refractivity contribution in [2.75, 3.05) is 0 Å². The van der Waals surface area contributed by atoms with Gasteiger partial charge in [-0.05, 0) is 36.7 Å². The summed E-state index contributed by atoms with van der Waals surface area (Å²) >= 11 is 0. The van der Waals surface area contributed by atoms with Gasteiger partial charge in [0, 0.05) is 18.8 Å². The van der Waals surface area contributed by atoms with Crippen LogP contribution < -0.4 is 5.73 Å². The second-order valence-corrected chi connectivity index (χ2v) is 5.90. The third-order valence-electron chi connectivity index (χ3n) is 3.44. The summed E-state index contributed by atoms with van der Waals surface area (Å²) in [5, 5.41) is 4.19. The molecule has 1 saturated carbocycles. The Kier molecular flexibility index (Phi) is 2.38. The van der Waals surface area contributed by atoms with Crippen LogP contribution in [0.5, 0.6) is 0 Å². The Morgan fingerprint density at radius 2 is 2.20 bits per heavy atom. The summed E-state index contributed by atoms with van der Waals surface area (Å²) in [5.41, 5.74) is 8.11. The van der Waals surface area contributed by atoms with E-state index in [9.17, 15) is 0 Å². The normalized spacial score (nSPS) is 29.6. The van der Waals surface area contributed by atoms with Gasteiger partial charge in [-0.15, -0.1) is 0 Å². The minimum atomic E-state index is -0.00741. The van der Waals surface area contributed by atoms with Gasteiger partial charge in [-0.25, -0.2) is 0 Å². The topological polar surface area (TPSA) is 43.8 Å². The van der Waals surface area contributed by atoms with Crippen molar-refractivity contribution in [3.63, 3.8) is 0 Å². The van der Waals surface area contributed by atoms with E-state index in [1.54, 1.807) is 0 Å². The molecule has 0 aromatic carbocycles. The quantitative estimate of drug-likeness (QED) is 0.804. The summed E-state index contributed by atoms with van der Waals surface area (Å²) in [5.74, 6) is 0. The summed E-state index contributed by atoms with van der Waals surface area (Å²) in [6.45, 7) is 4.62. The number of aromatic nitrogens is 2. The van der Waals surface area contributed by atoms with Crippen molar-refractivity contribution in [3.05, 3.63) is 18.0 Å². The van der Waals surface area contributed by atoms with Crippen LogP contribution in [-0.4, -0.2) is 15.3 Å². The first-order valence-electron chi connectivity index (χ1n) is 5.65. The molecule has 1 heterocycles.